The van der Waals surface area contributed by atoms with Crippen LogP contribution in [0.25, 0.3) is 0 Å². The quantitative estimate of drug-likeness (QED) is 0.920. The first-order valence-electron chi connectivity index (χ1n) is 6.71. The van der Waals surface area contributed by atoms with Crippen LogP contribution in [0.5, 0.6) is 11.5 Å². The molecule has 2 aromatic carbocycles. The Hall–Kier alpha value is -2.38. The summed E-state index contributed by atoms with van der Waals surface area (Å²) in [6.45, 7) is 3.75. The first-order chi connectivity index (χ1) is 10.1. The van der Waals surface area contributed by atoms with Crippen LogP contribution in [-0.2, 0) is 0 Å². The van der Waals surface area contributed by atoms with Gasteiger partial charge in [0.2, 0.25) is 0 Å². The molecule has 21 heavy (non-hydrogen) atoms. The predicted octanol–water partition coefficient (Wildman–Crippen LogP) is 4.08. The van der Waals surface area contributed by atoms with Gasteiger partial charge in [0.05, 0.1) is 11.6 Å². The maximum atomic E-state index is 14.1. The van der Waals surface area contributed by atoms with E-state index in [2.05, 4.69) is 11.4 Å². The molecule has 108 valence electrons. The van der Waals surface area contributed by atoms with Crippen LogP contribution in [-0.4, -0.2) is 7.05 Å². The Balaban J connectivity index is 2.45. The molecule has 1 unspecified atom stereocenters. The molecule has 0 aliphatic rings. The molecular weight excluding hydrogens is 267 g/mol. The van der Waals surface area contributed by atoms with Crippen LogP contribution in [0.15, 0.2) is 36.4 Å². The zero-order valence-electron chi connectivity index (χ0n) is 12.3. The van der Waals surface area contributed by atoms with Crippen molar-refractivity contribution in [2.24, 2.45) is 0 Å². The molecule has 4 heteroatoms. The van der Waals surface area contributed by atoms with Gasteiger partial charge in [0.1, 0.15) is 17.3 Å². The summed E-state index contributed by atoms with van der Waals surface area (Å²) < 4.78 is 19.9. The van der Waals surface area contributed by atoms with Crippen molar-refractivity contribution in [3.8, 4) is 17.6 Å². The number of rotatable bonds is 4. The van der Waals surface area contributed by atoms with E-state index in [1.807, 2.05) is 19.9 Å². The molecule has 0 heterocycles. The monoisotopic (exact) mass is 284 g/mol. The van der Waals surface area contributed by atoms with Gasteiger partial charge in [-0.15, -0.1) is 0 Å². The molecule has 0 fully saturated rings. The molecule has 0 aliphatic carbocycles. The number of halogens is 1. The molecule has 1 N–H and O–H groups in total. The highest BCUT2D eigenvalue weighted by Crippen LogP contribution is 2.33. The minimum absolute atomic E-state index is 0.180. The first-order valence-corrected chi connectivity index (χ1v) is 6.71. The van der Waals surface area contributed by atoms with E-state index in [-0.39, 0.29) is 11.9 Å². The van der Waals surface area contributed by atoms with Crippen LogP contribution >= 0.6 is 0 Å². The number of nitrogens with one attached hydrogen (secondary N) is 1. The normalized spacial score (nSPS) is 11.8. The Labute approximate surface area is 124 Å². The summed E-state index contributed by atoms with van der Waals surface area (Å²) in [7, 11) is 1.77. The molecule has 0 bridgehead atoms. The summed E-state index contributed by atoms with van der Waals surface area (Å²) in [4.78, 5) is 0. The lowest BCUT2D eigenvalue weighted by Crippen LogP contribution is -2.15. The second kappa shape index (κ2) is 6.38. The van der Waals surface area contributed by atoms with Gasteiger partial charge in [-0.1, -0.05) is 12.1 Å². The van der Waals surface area contributed by atoms with Gasteiger partial charge < -0.3 is 10.1 Å². The van der Waals surface area contributed by atoms with Gasteiger partial charge in [0.15, 0.2) is 0 Å². The summed E-state index contributed by atoms with van der Waals surface area (Å²) in [6, 6.07) is 11.8. The Morgan fingerprint density at radius 1 is 1.24 bits per heavy atom. The second-order valence-electron chi connectivity index (χ2n) is 4.86. The lowest BCUT2D eigenvalue weighted by molar-refractivity contribution is 0.450. The minimum Gasteiger partial charge on any atom is -0.457 e. The standard InChI is InChI=1S/C17H17FN2O/c1-11-7-8-13(10-19)9-16(11)21-15-6-4-5-14(18)17(15)12(2)20-3/h4-9,12,20H,1-3H3. The van der Waals surface area contributed by atoms with Gasteiger partial charge >= 0.3 is 0 Å². The fourth-order valence-corrected chi connectivity index (χ4v) is 2.07. The van der Waals surface area contributed by atoms with Crippen LogP contribution in [0.2, 0.25) is 0 Å². The maximum Gasteiger partial charge on any atom is 0.135 e. The fourth-order valence-electron chi connectivity index (χ4n) is 2.07. The van der Waals surface area contributed by atoms with Crippen LogP contribution < -0.4 is 10.1 Å². The zero-order valence-corrected chi connectivity index (χ0v) is 12.3. The molecular formula is C17H17FN2O. The fraction of sp³-hybridized carbons (Fsp3) is 0.235. The van der Waals surface area contributed by atoms with Crippen molar-refractivity contribution >= 4 is 0 Å². The highest BCUT2D eigenvalue weighted by molar-refractivity contribution is 5.46. The highest BCUT2D eigenvalue weighted by atomic mass is 19.1. The van der Waals surface area contributed by atoms with Crippen molar-refractivity contribution in [1.29, 1.82) is 5.26 Å². The van der Waals surface area contributed by atoms with Crippen LogP contribution in [0.4, 0.5) is 4.39 Å². The third kappa shape index (κ3) is 3.21. The van der Waals surface area contributed by atoms with E-state index in [4.69, 9.17) is 10.00 Å². The summed E-state index contributed by atoms with van der Waals surface area (Å²) in [5.41, 5.74) is 1.87. The molecule has 0 saturated heterocycles. The zero-order chi connectivity index (χ0) is 15.4. The lowest BCUT2D eigenvalue weighted by atomic mass is 10.1. The predicted molar refractivity (Wildman–Crippen MR) is 79.8 cm³/mol. The van der Waals surface area contributed by atoms with Gasteiger partial charge in [-0.05, 0) is 50.7 Å². The number of aryl methyl sites for hydroxylation is 1. The Bertz CT molecular complexity index is 692. The summed E-state index contributed by atoms with van der Waals surface area (Å²) in [5.74, 6) is 0.697. The van der Waals surface area contributed by atoms with Crippen LogP contribution in [0.1, 0.15) is 29.7 Å². The second-order valence-corrected chi connectivity index (χ2v) is 4.86. The summed E-state index contributed by atoms with van der Waals surface area (Å²) >= 11 is 0. The number of nitriles is 1. The smallest absolute Gasteiger partial charge is 0.135 e. The van der Waals surface area contributed by atoms with E-state index in [1.165, 1.54) is 6.07 Å². The number of benzene rings is 2. The molecule has 0 aliphatic heterocycles. The van der Waals surface area contributed by atoms with Crippen molar-refractivity contribution in [2.45, 2.75) is 19.9 Å². The molecule has 2 aromatic rings. The Morgan fingerprint density at radius 2 is 2.00 bits per heavy atom. The number of hydrogen-bond acceptors (Lipinski definition) is 3. The molecule has 3 nitrogen and oxygen atoms in total. The van der Waals surface area contributed by atoms with Crippen molar-refractivity contribution in [3.63, 3.8) is 0 Å². The molecule has 0 aromatic heterocycles. The average Bonchev–Trinajstić information content (AvgIpc) is 2.49. The van der Waals surface area contributed by atoms with Gasteiger partial charge in [0.25, 0.3) is 0 Å². The molecule has 0 radical (unpaired) electrons. The molecule has 0 spiro atoms. The van der Waals surface area contributed by atoms with E-state index in [0.29, 0.717) is 22.6 Å². The van der Waals surface area contributed by atoms with E-state index >= 15 is 0 Å². The van der Waals surface area contributed by atoms with Crippen LogP contribution in [0, 0.1) is 24.1 Å². The van der Waals surface area contributed by atoms with Crippen molar-refractivity contribution < 1.29 is 9.13 Å². The molecule has 0 amide bonds. The van der Waals surface area contributed by atoms with Crippen molar-refractivity contribution in [2.75, 3.05) is 7.05 Å². The lowest BCUT2D eigenvalue weighted by Gasteiger charge is -2.18. The number of ether oxygens (including phenoxy) is 1. The largest absolute Gasteiger partial charge is 0.457 e. The SMILES string of the molecule is CNC(C)c1c(F)cccc1Oc1cc(C#N)ccc1C. The third-order valence-corrected chi connectivity index (χ3v) is 3.42. The molecule has 0 saturated carbocycles. The van der Waals surface area contributed by atoms with Gasteiger partial charge in [0, 0.05) is 11.6 Å². The number of hydrogen-bond donors (Lipinski definition) is 1. The van der Waals surface area contributed by atoms with E-state index in [9.17, 15) is 4.39 Å². The highest BCUT2D eigenvalue weighted by Gasteiger charge is 2.16. The van der Waals surface area contributed by atoms with Crippen molar-refractivity contribution in [1.82, 2.24) is 5.32 Å². The summed E-state index contributed by atoms with van der Waals surface area (Å²) in [5, 5.41) is 12.0. The third-order valence-electron chi connectivity index (χ3n) is 3.42. The first kappa shape index (κ1) is 15.0. The summed E-state index contributed by atoms with van der Waals surface area (Å²) in [6.07, 6.45) is 0. The van der Waals surface area contributed by atoms with E-state index in [1.54, 1.807) is 31.3 Å². The van der Waals surface area contributed by atoms with Gasteiger partial charge in [-0.25, -0.2) is 4.39 Å². The number of nitrogens with zero attached hydrogens (tertiary/aromatic N) is 1. The Kier molecular flexibility index (Phi) is 4.56. The Morgan fingerprint density at radius 3 is 2.67 bits per heavy atom. The van der Waals surface area contributed by atoms with Crippen molar-refractivity contribution in [3.05, 3.63) is 58.9 Å². The topological polar surface area (TPSA) is 45.0 Å². The van der Waals surface area contributed by atoms with E-state index in [0.717, 1.165) is 5.56 Å². The van der Waals surface area contributed by atoms with Gasteiger partial charge in [-0.2, -0.15) is 5.26 Å². The minimum atomic E-state index is -0.316. The van der Waals surface area contributed by atoms with Gasteiger partial charge in [-0.3, -0.25) is 0 Å². The molecule has 2 rings (SSSR count). The average molecular weight is 284 g/mol. The maximum absolute atomic E-state index is 14.1. The van der Waals surface area contributed by atoms with E-state index < -0.39 is 0 Å². The molecule has 1 atom stereocenters. The van der Waals surface area contributed by atoms with Crippen LogP contribution in [0.3, 0.4) is 0 Å².